The minimum absolute atomic E-state index is 0.217. The lowest BCUT2D eigenvalue weighted by atomic mass is 10.2. The number of ether oxygens (including phenoxy) is 1. The SMILES string of the molecule is C#CCOc1ccc(Br)cc1/C=C/C#N. The van der Waals surface area contributed by atoms with Crippen molar-refractivity contribution in [1.82, 2.24) is 0 Å². The molecule has 0 bridgehead atoms. The van der Waals surface area contributed by atoms with Crippen molar-refractivity contribution in [2.75, 3.05) is 6.61 Å². The Kier molecular flexibility index (Phi) is 4.47. The van der Waals surface area contributed by atoms with Gasteiger partial charge in [0.05, 0.1) is 6.07 Å². The summed E-state index contributed by atoms with van der Waals surface area (Å²) in [6.45, 7) is 0.217. The van der Waals surface area contributed by atoms with Crippen LogP contribution in [-0.2, 0) is 0 Å². The monoisotopic (exact) mass is 261 g/mol. The Morgan fingerprint density at radius 3 is 3.00 bits per heavy atom. The Labute approximate surface area is 97.3 Å². The molecule has 1 aromatic carbocycles. The van der Waals surface area contributed by atoms with E-state index in [1.54, 1.807) is 12.1 Å². The van der Waals surface area contributed by atoms with Gasteiger partial charge in [-0.1, -0.05) is 21.9 Å². The van der Waals surface area contributed by atoms with Gasteiger partial charge < -0.3 is 4.74 Å². The third kappa shape index (κ3) is 3.50. The van der Waals surface area contributed by atoms with Gasteiger partial charge in [0.25, 0.3) is 0 Å². The maximum absolute atomic E-state index is 8.44. The van der Waals surface area contributed by atoms with Crippen LogP contribution in [0.1, 0.15) is 5.56 Å². The molecule has 0 fully saturated rings. The van der Waals surface area contributed by atoms with E-state index >= 15 is 0 Å². The predicted octanol–water partition coefficient (Wildman–Crippen LogP) is 3.00. The molecule has 0 radical (unpaired) electrons. The van der Waals surface area contributed by atoms with Crippen molar-refractivity contribution in [3.8, 4) is 24.2 Å². The molecule has 74 valence electrons. The zero-order valence-electron chi connectivity index (χ0n) is 7.90. The summed E-state index contributed by atoms with van der Waals surface area (Å²) in [7, 11) is 0. The summed E-state index contributed by atoms with van der Waals surface area (Å²) in [6.07, 6.45) is 8.17. The fourth-order valence-corrected chi connectivity index (χ4v) is 1.41. The highest BCUT2D eigenvalue weighted by Gasteiger charge is 2.00. The molecule has 3 heteroatoms. The first-order valence-electron chi connectivity index (χ1n) is 4.20. The lowest BCUT2D eigenvalue weighted by Crippen LogP contribution is -1.95. The minimum atomic E-state index is 0.217. The fourth-order valence-electron chi connectivity index (χ4n) is 1.03. The maximum Gasteiger partial charge on any atom is 0.148 e. The molecule has 15 heavy (non-hydrogen) atoms. The van der Waals surface area contributed by atoms with E-state index in [0.29, 0.717) is 5.75 Å². The summed E-state index contributed by atoms with van der Waals surface area (Å²) in [5, 5.41) is 8.44. The van der Waals surface area contributed by atoms with Crippen LogP contribution in [0.5, 0.6) is 5.75 Å². The molecular weight excluding hydrogens is 254 g/mol. The second-order valence-corrected chi connectivity index (χ2v) is 3.55. The van der Waals surface area contributed by atoms with Crippen molar-refractivity contribution in [2.24, 2.45) is 0 Å². The number of benzene rings is 1. The van der Waals surface area contributed by atoms with Crippen LogP contribution in [0.2, 0.25) is 0 Å². The third-order valence-corrected chi connectivity index (χ3v) is 2.11. The molecule has 1 aromatic rings. The van der Waals surface area contributed by atoms with Crippen LogP contribution < -0.4 is 4.74 Å². The highest BCUT2D eigenvalue weighted by Crippen LogP contribution is 2.24. The quantitative estimate of drug-likeness (QED) is 0.619. The molecule has 0 unspecified atom stereocenters. The molecule has 0 aromatic heterocycles. The number of nitriles is 1. The summed E-state index contributed by atoms with van der Waals surface area (Å²) in [6, 6.07) is 7.45. The van der Waals surface area contributed by atoms with E-state index < -0.39 is 0 Å². The number of allylic oxidation sites excluding steroid dienone is 1. The largest absolute Gasteiger partial charge is 0.480 e. The number of rotatable bonds is 3. The van der Waals surface area contributed by atoms with Crippen molar-refractivity contribution < 1.29 is 4.74 Å². The number of hydrogen-bond donors (Lipinski definition) is 0. The Hall–Kier alpha value is -1.71. The van der Waals surface area contributed by atoms with E-state index in [1.807, 2.05) is 18.2 Å². The van der Waals surface area contributed by atoms with Crippen molar-refractivity contribution in [1.29, 1.82) is 5.26 Å². The Morgan fingerprint density at radius 2 is 2.33 bits per heavy atom. The van der Waals surface area contributed by atoms with E-state index in [2.05, 4.69) is 21.9 Å². The lowest BCUT2D eigenvalue weighted by Gasteiger charge is -2.06. The van der Waals surface area contributed by atoms with Crippen molar-refractivity contribution in [2.45, 2.75) is 0 Å². The van der Waals surface area contributed by atoms with Crippen LogP contribution in [0, 0.1) is 23.7 Å². The van der Waals surface area contributed by atoms with Gasteiger partial charge in [0.15, 0.2) is 0 Å². The second kappa shape index (κ2) is 5.90. The fraction of sp³-hybridized carbons (Fsp3) is 0.0833. The molecular formula is C12H8BrNO. The van der Waals surface area contributed by atoms with Gasteiger partial charge in [-0.2, -0.15) is 5.26 Å². The van der Waals surface area contributed by atoms with Crippen LogP contribution in [-0.4, -0.2) is 6.61 Å². The van der Waals surface area contributed by atoms with Gasteiger partial charge in [0, 0.05) is 16.1 Å². The molecule has 0 saturated carbocycles. The number of terminal acetylenes is 1. The van der Waals surface area contributed by atoms with Crippen LogP contribution in [0.25, 0.3) is 6.08 Å². The van der Waals surface area contributed by atoms with E-state index in [-0.39, 0.29) is 6.61 Å². The molecule has 1 rings (SSSR count). The lowest BCUT2D eigenvalue weighted by molar-refractivity contribution is 0.369. The average molecular weight is 262 g/mol. The van der Waals surface area contributed by atoms with E-state index in [1.165, 1.54) is 6.08 Å². The molecule has 0 spiro atoms. The van der Waals surface area contributed by atoms with Crippen LogP contribution in [0.3, 0.4) is 0 Å². The first-order valence-corrected chi connectivity index (χ1v) is 4.99. The third-order valence-electron chi connectivity index (χ3n) is 1.62. The summed E-state index contributed by atoms with van der Waals surface area (Å²) in [5.41, 5.74) is 0.821. The molecule has 0 aliphatic carbocycles. The molecule has 0 atom stereocenters. The van der Waals surface area contributed by atoms with Crippen molar-refractivity contribution >= 4 is 22.0 Å². The minimum Gasteiger partial charge on any atom is -0.480 e. The van der Waals surface area contributed by atoms with Crippen LogP contribution in [0.4, 0.5) is 0 Å². The Bertz CT molecular complexity index is 452. The molecule has 2 nitrogen and oxygen atoms in total. The van der Waals surface area contributed by atoms with E-state index in [4.69, 9.17) is 16.4 Å². The normalized spacial score (nSPS) is 9.53. The predicted molar refractivity (Wildman–Crippen MR) is 63.1 cm³/mol. The van der Waals surface area contributed by atoms with Gasteiger partial charge >= 0.3 is 0 Å². The second-order valence-electron chi connectivity index (χ2n) is 2.64. The highest BCUT2D eigenvalue weighted by molar-refractivity contribution is 9.10. The van der Waals surface area contributed by atoms with Gasteiger partial charge in [-0.25, -0.2) is 0 Å². The van der Waals surface area contributed by atoms with Gasteiger partial charge in [0.1, 0.15) is 12.4 Å². The Balaban J connectivity index is 2.99. The summed E-state index contributed by atoms with van der Waals surface area (Å²) in [5.74, 6) is 3.06. The first-order chi connectivity index (χ1) is 7.27. The maximum atomic E-state index is 8.44. The molecule has 0 heterocycles. The summed E-state index contributed by atoms with van der Waals surface area (Å²) >= 11 is 3.34. The topological polar surface area (TPSA) is 33.0 Å². The molecule has 0 aliphatic rings. The first kappa shape index (κ1) is 11.4. The van der Waals surface area contributed by atoms with Crippen molar-refractivity contribution in [3.63, 3.8) is 0 Å². The zero-order valence-corrected chi connectivity index (χ0v) is 9.49. The van der Waals surface area contributed by atoms with Gasteiger partial charge in [-0.3, -0.25) is 0 Å². The average Bonchev–Trinajstić information content (AvgIpc) is 2.25. The van der Waals surface area contributed by atoms with Gasteiger partial charge in [-0.05, 0) is 24.3 Å². The molecule has 0 N–H and O–H groups in total. The molecule has 0 saturated heterocycles. The smallest absolute Gasteiger partial charge is 0.148 e. The standard InChI is InChI=1S/C12H8BrNO/c1-2-8-15-12-6-5-11(13)9-10(12)4-3-7-14/h1,3-6,9H,8H2/b4-3+. The summed E-state index contributed by atoms with van der Waals surface area (Å²) in [4.78, 5) is 0. The highest BCUT2D eigenvalue weighted by atomic mass is 79.9. The van der Waals surface area contributed by atoms with Gasteiger partial charge in [-0.15, -0.1) is 6.42 Å². The number of nitrogens with zero attached hydrogens (tertiary/aromatic N) is 1. The molecule has 0 aliphatic heterocycles. The number of hydrogen-bond acceptors (Lipinski definition) is 2. The van der Waals surface area contributed by atoms with Crippen LogP contribution in [0.15, 0.2) is 28.7 Å². The molecule has 0 amide bonds. The van der Waals surface area contributed by atoms with E-state index in [0.717, 1.165) is 10.0 Å². The Morgan fingerprint density at radius 1 is 1.53 bits per heavy atom. The zero-order chi connectivity index (χ0) is 11.1. The summed E-state index contributed by atoms with van der Waals surface area (Å²) < 4.78 is 6.24. The van der Waals surface area contributed by atoms with Crippen LogP contribution >= 0.6 is 15.9 Å². The van der Waals surface area contributed by atoms with Gasteiger partial charge in [0.2, 0.25) is 0 Å². The van der Waals surface area contributed by atoms with Crippen molar-refractivity contribution in [3.05, 3.63) is 34.3 Å². The number of halogens is 1. The van der Waals surface area contributed by atoms with E-state index in [9.17, 15) is 0 Å².